The molecule has 0 bridgehead atoms. The van der Waals surface area contributed by atoms with Crippen molar-refractivity contribution in [2.75, 3.05) is 13.1 Å². The van der Waals surface area contributed by atoms with Crippen molar-refractivity contribution in [3.8, 4) is 5.82 Å². The number of piperidine rings is 1. The number of nitrogens with zero attached hydrogens (tertiary/aromatic N) is 6. The first-order chi connectivity index (χ1) is 12.7. The van der Waals surface area contributed by atoms with Gasteiger partial charge in [0.2, 0.25) is 0 Å². The van der Waals surface area contributed by atoms with E-state index in [9.17, 15) is 9.59 Å². The van der Waals surface area contributed by atoms with Gasteiger partial charge in [0, 0.05) is 44.3 Å². The monoisotopic (exact) mass is 353 g/mol. The average molecular weight is 353 g/mol. The lowest BCUT2D eigenvalue weighted by molar-refractivity contribution is 0.0680. The molecule has 3 aromatic rings. The molecule has 1 saturated heterocycles. The highest BCUT2D eigenvalue weighted by Crippen LogP contribution is 2.20. The van der Waals surface area contributed by atoms with Crippen LogP contribution in [0.4, 0.5) is 0 Å². The van der Waals surface area contributed by atoms with Crippen LogP contribution in [-0.2, 0) is 6.54 Å². The predicted molar refractivity (Wildman–Crippen MR) is 92.8 cm³/mol. The van der Waals surface area contributed by atoms with E-state index >= 15 is 0 Å². The van der Waals surface area contributed by atoms with Crippen molar-refractivity contribution in [3.63, 3.8) is 0 Å². The first-order valence-corrected chi connectivity index (χ1v) is 8.57. The number of aromatic nitrogens is 6. The third kappa shape index (κ3) is 3.28. The second-order valence-corrected chi connectivity index (χ2v) is 6.39. The Morgan fingerprint density at radius 3 is 2.81 bits per heavy atom. The van der Waals surface area contributed by atoms with Crippen LogP contribution in [0.25, 0.3) is 5.82 Å². The van der Waals surface area contributed by atoms with Crippen LogP contribution >= 0.6 is 0 Å². The first kappa shape index (κ1) is 16.2. The molecular formula is C17H19N7O2. The third-order valence-corrected chi connectivity index (χ3v) is 4.67. The zero-order valence-electron chi connectivity index (χ0n) is 14.2. The van der Waals surface area contributed by atoms with E-state index in [1.54, 1.807) is 35.5 Å². The number of H-pyrrole nitrogens is 1. The van der Waals surface area contributed by atoms with Gasteiger partial charge in [0.15, 0.2) is 5.82 Å². The Labute approximate surface area is 149 Å². The zero-order chi connectivity index (χ0) is 17.9. The van der Waals surface area contributed by atoms with Crippen molar-refractivity contribution in [1.29, 1.82) is 0 Å². The van der Waals surface area contributed by atoms with Gasteiger partial charge < -0.3 is 4.90 Å². The van der Waals surface area contributed by atoms with E-state index in [1.807, 2.05) is 11.0 Å². The smallest absolute Gasteiger partial charge is 0.266 e. The number of aromatic amines is 1. The summed E-state index contributed by atoms with van der Waals surface area (Å²) in [6.07, 6.45) is 8.28. The van der Waals surface area contributed by atoms with E-state index in [0.717, 1.165) is 12.8 Å². The van der Waals surface area contributed by atoms with Crippen molar-refractivity contribution in [1.82, 2.24) is 34.7 Å². The van der Waals surface area contributed by atoms with Gasteiger partial charge in [-0.2, -0.15) is 10.2 Å². The Morgan fingerprint density at radius 1 is 1.27 bits per heavy atom. The van der Waals surface area contributed by atoms with Gasteiger partial charge in [0.05, 0.1) is 11.8 Å². The maximum Gasteiger partial charge on any atom is 0.266 e. The second-order valence-electron chi connectivity index (χ2n) is 6.39. The standard InChI is InChI=1S/C17H19N7O2/c25-16-3-2-15(23-7-1-6-20-23)21-24(16)12-13-4-8-22(9-5-13)17(26)14-10-18-19-11-14/h1-3,6-7,10-11,13H,4-5,8-9,12H2,(H,18,19). The molecule has 134 valence electrons. The number of carbonyl (C=O) groups excluding carboxylic acids is 1. The molecule has 26 heavy (non-hydrogen) atoms. The molecule has 0 aliphatic carbocycles. The molecule has 1 fully saturated rings. The number of likely N-dealkylation sites (tertiary alicyclic amines) is 1. The van der Waals surface area contributed by atoms with Gasteiger partial charge in [-0.3, -0.25) is 14.7 Å². The molecule has 0 saturated carbocycles. The molecule has 0 atom stereocenters. The fourth-order valence-corrected chi connectivity index (χ4v) is 3.21. The maximum absolute atomic E-state index is 12.3. The van der Waals surface area contributed by atoms with Crippen LogP contribution in [0.2, 0.25) is 0 Å². The summed E-state index contributed by atoms with van der Waals surface area (Å²) in [7, 11) is 0. The molecule has 0 spiro atoms. The summed E-state index contributed by atoms with van der Waals surface area (Å²) in [6, 6.07) is 4.99. The van der Waals surface area contributed by atoms with Crippen molar-refractivity contribution in [2.45, 2.75) is 19.4 Å². The molecule has 4 heterocycles. The lowest BCUT2D eigenvalue weighted by Gasteiger charge is -2.31. The minimum absolute atomic E-state index is 0.00632. The summed E-state index contributed by atoms with van der Waals surface area (Å²) in [6.45, 7) is 1.88. The number of carbonyl (C=O) groups is 1. The summed E-state index contributed by atoms with van der Waals surface area (Å²) in [4.78, 5) is 26.3. The van der Waals surface area contributed by atoms with E-state index in [-0.39, 0.29) is 11.5 Å². The fraction of sp³-hybridized carbons (Fsp3) is 0.353. The summed E-state index contributed by atoms with van der Waals surface area (Å²) >= 11 is 0. The summed E-state index contributed by atoms with van der Waals surface area (Å²) in [5.74, 6) is 0.914. The predicted octanol–water partition coefficient (Wildman–Crippen LogP) is 0.704. The van der Waals surface area contributed by atoms with Gasteiger partial charge in [0.1, 0.15) is 0 Å². The van der Waals surface area contributed by atoms with Crippen LogP contribution in [0.3, 0.4) is 0 Å². The number of hydrogen-bond donors (Lipinski definition) is 1. The Bertz CT molecular complexity index is 922. The van der Waals surface area contributed by atoms with Crippen molar-refractivity contribution in [2.24, 2.45) is 5.92 Å². The lowest BCUT2D eigenvalue weighted by atomic mass is 9.96. The van der Waals surface area contributed by atoms with E-state index in [4.69, 9.17) is 0 Å². The highest BCUT2D eigenvalue weighted by atomic mass is 16.2. The van der Waals surface area contributed by atoms with E-state index in [2.05, 4.69) is 20.4 Å². The fourth-order valence-electron chi connectivity index (χ4n) is 3.21. The molecule has 0 aromatic carbocycles. The highest BCUT2D eigenvalue weighted by Gasteiger charge is 2.24. The van der Waals surface area contributed by atoms with E-state index in [0.29, 0.717) is 36.9 Å². The van der Waals surface area contributed by atoms with E-state index < -0.39 is 0 Å². The van der Waals surface area contributed by atoms with Crippen molar-refractivity contribution in [3.05, 3.63) is 58.9 Å². The third-order valence-electron chi connectivity index (χ3n) is 4.67. The molecule has 0 unspecified atom stereocenters. The number of rotatable bonds is 4. The zero-order valence-corrected chi connectivity index (χ0v) is 14.2. The number of hydrogen-bond acceptors (Lipinski definition) is 5. The number of amides is 1. The summed E-state index contributed by atoms with van der Waals surface area (Å²) < 4.78 is 3.12. The maximum atomic E-state index is 12.3. The van der Waals surface area contributed by atoms with Crippen LogP contribution in [-0.4, -0.2) is 53.7 Å². The van der Waals surface area contributed by atoms with Crippen LogP contribution < -0.4 is 5.56 Å². The summed E-state index contributed by atoms with van der Waals surface area (Å²) in [5, 5.41) is 15.0. The SMILES string of the molecule is O=C(c1cn[nH]c1)N1CCC(Cn2nc(-n3cccn3)ccc2=O)CC1. The molecule has 3 aromatic heterocycles. The molecule has 1 aliphatic rings. The van der Waals surface area contributed by atoms with Gasteiger partial charge in [-0.05, 0) is 30.9 Å². The van der Waals surface area contributed by atoms with Gasteiger partial charge in [0.25, 0.3) is 11.5 Å². The van der Waals surface area contributed by atoms with Crippen LogP contribution in [0, 0.1) is 5.92 Å². The molecule has 1 aliphatic heterocycles. The normalized spacial score (nSPS) is 15.3. The molecule has 4 rings (SSSR count). The quantitative estimate of drug-likeness (QED) is 0.744. The number of nitrogens with one attached hydrogen (secondary N) is 1. The molecule has 9 nitrogen and oxygen atoms in total. The van der Waals surface area contributed by atoms with Crippen molar-refractivity contribution >= 4 is 5.91 Å². The molecule has 0 radical (unpaired) electrons. The van der Waals surface area contributed by atoms with Crippen LogP contribution in [0.15, 0.2) is 47.8 Å². The Balaban J connectivity index is 1.41. The second kappa shape index (κ2) is 6.95. The van der Waals surface area contributed by atoms with Crippen LogP contribution in [0.5, 0.6) is 0 Å². The van der Waals surface area contributed by atoms with Crippen molar-refractivity contribution < 1.29 is 4.79 Å². The van der Waals surface area contributed by atoms with Gasteiger partial charge >= 0.3 is 0 Å². The Kier molecular flexibility index (Phi) is 4.34. The Morgan fingerprint density at radius 2 is 2.12 bits per heavy atom. The molecule has 9 heteroatoms. The van der Waals surface area contributed by atoms with Gasteiger partial charge in [-0.15, -0.1) is 5.10 Å². The average Bonchev–Trinajstić information content (AvgIpc) is 3.38. The molecule has 1 amide bonds. The minimum atomic E-state index is -0.127. The van der Waals surface area contributed by atoms with Gasteiger partial charge in [-0.1, -0.05) is 0 Å². The van der Waals surface area contributed by atoms with Gasteiger partial charge in [-0.25, -0.2) is 9.36 Å². The topological polar surface area (TPSA) is 102 Å². The highest BCUT2D eigenvalue weighted by molar-refractivity contribution is 5.93. The van der Waals surface area contributed by atoms with E-state index in [1.165, 1.54) is 10.7 Å². The Hall–Kier alpha value is -3.23. The minimum Gasteiger partial charge on any atom is -0.339 e. The summed E-state index contributed by atoms with van der Waals surface area (Å²) in [5.41, 5.74) is 0.450. The first-order valence-electron chi connectivity index (χ1n) is 8.57. The largest absolute Gasteiger partial charge is 0.339 e. The molecular weight excluding hydrogens is 334 g/mol. The molecule has 1 N–H and O–H groups in total. The van der Waals surface area contributed by atoms with Crippen LogP contribution in [0.1, 0.15) is 23.2 Å². The lowest BCUT2D eigenvalue weighted by Crippen LogP contribution is -2.40.